The second-order valence-electron chi connectivity index (χ2n) is 9.42. The van der Waals surface area contributed by atoms with Crippen LogP contribution in [0.4, 0.5) is 0 Å². The van der Waals surface area contributed by atoms with Crippen LogP contribution < -0.4 is 0 Å². The first-order chi connectivity index (χ1) is 16.6. The van der Waals surface area contributed by atoms with Gasteiger partial charge in [-0.3, -0.25) is 9.48 Å². The molecule has 1 aliphatic heterocycles. The van der Waals surface area contributed by atoms with E-state index in [-0.39, 0.29) is 28.3 Å². The Hall–Kier alpha value is -2.57. The van der Waals surface area contributed by atoms with Gasteiger partial charge in [0.2, 0.25) is 0 Å². The van der Waals surface area contributed by atoms with Crippen LogP contribution in [0.2, 0.25) is 0 Å². The molecule has 5 rings (SSSR count). The number of Topliss-reactive ketones (excluding diaryl/α,β-unsaturated/α-hetero) is 1. The molecule has 188 valence electrons. The van der Waals surface area contributed by atoms with E-state index in [4.69, 9.17) is 4.74 Å². The predicted octanol–water partition coefficient (Wildman–Crippen LogP) is 2.15. The lowest BCUT2D eigenvalue weighted by Crippen LogP contribution is -2.27. The molecule has 1 aliphatic carbocycles. The SMILES string of the molecule is CS(=O)(=O)n1ccc(CC(=O)C(CC2CCOCC2)n2ncc3c(S(=O)(=O)C4CC4)cccc32)n1. The molecule has 1 aromatic carbocycles. The quantitative estimate of drug-likeness (QED) is 0.419. The van der Waals surface area contributed by atoms with Gasteiger partial charge in [-0.25, -0.2) is 16.8 Å². The van der Waals surface area contributed by atoms with Crippen LogP contribution in [0.1, 0.15) is 43.8 Å². The molecule has 35 heavy (non-hydrogen) atoms. The highest BCUT2D eigenvalue weighted by molar-refractivity contribution is 7.92. The molecule has 1 unspecified atom stereocenters. The molecule has 1 saturated carbocycles. The van der Waals surface area contributed by atoms with Gasteiger partial charge in [0.05, 0.1) is 40.2 Å². The molecule has 1 atom stereocenters. The Morgan fingerprint density at radius 2 is 1.86 bits per heavy atom. The van der Waals surface area contributed by atoms with Gasteiger partial charge in [0.1, 0.15) is 6.04 Å². The normalized spacial score (nSPS) is 18.7. The number of sulfone groups is 1. The number of ether oxygens (including phenoxy) is 1. The third-order valence-corrected chi connectivity index (χ3v) is 9.95. The molecule has 0 amide bonds. The zero-order valence-electron chi connectivity index (χ0n) is 19.4. The lowest BCUT2D eigenvalue weighted by molar-refractivity contribution is -0.122. The van der Waals surface area contributed by atoms with E-state index >= 15 is 0 Å². The maximum Gasteiger partial charge on any atom is 0.250 e. The molecule has 12 heteroatoms. The van der Waals surface area contributed by atoms with E-state index in [0.717, 1.165) is 23.2 Å². The average Bonchev–Trinajstić information content (AvgIpc) is 3.44. The Balaban J connectivity index is 1.50. The standard InChI is InChI=1S/C23H28N4O6S2/c1-34(29,30)26-10-7-17(25-26)14-22(28)21(13-16-8-11-33-12-9-16)27-20-3-2-4-23(19(20)15-24-27)35(31,32)18-5-6-18/h2-4,7,10,15-16,18,21H,5-6,8-9,11-14H2,1H3. The summed E-state index contributed by atoms with van der Waals surface area (Å²) in [6, 6.07) is 5.97. The molecule has 3 aromatic rings. The Labute approximate surface area is 204 Å². The minimum atomic E-state index is -3.55. The lowest BCUT2D eigenvalue weighted by Gasteiger charge is -2.26. The van der Waals surface area contributed by atoms with E-state index < -0.39 is 25.9 Å². The molecule has 0 radical (unpaired) electrons. The molecule has 0 N–H and O–H groups in total. The molecule has 3 heterocycles. The van der Waals surface area contributed by atoms with E-state index in [9.17, 15) is 21.6 Å². The Morgan fingerprint density at radius 3 is 2.51 bits per heavy atom. The molecule has 2 aromatic heterocycles. The topological polar surface area (TPSA) is 130 Å². The van der Waals surface area contributed by atoms with Crippen molar-refractivity contribution in [3.05, 3.63) is 42.4 Å². The van der Waals surface area contributed by atoms with Crippen LogP contribution in [0.15, 0.2) is 41.6 Å². The molecule has 10 nitrogen and oxygen atoms in total. The van der Waals surface area contributed by atoms with Crippen LogP contribution in [-0.2, 0) is 35.8 Å². The van der Waals surface area contributed by atoms with Gasteiger partial charge in [0, 0.05) is 24.8 Å². The van der Waals surface area contributed by atoms with Gasteiger partial charge in [-0.2, -0.15) is 14.3 Å². The van der Waals surface area contributed by atoms with Crippen molar-refractivity contribution in [2.24, 2.45) is 5.92 Å². The number of ketones is 1. The third-order valence-electron chi connectivity index (χ3n) is 6.75. The van der Waals surface area contributed by atoms with Gasteiger partial charge < -0.3 is 4.74 Å². The second kappa shape index (κ2) is 9.14. The summed E-state index contributed by atoms with van der Waals surface area (Å²) in [5, 5.41) is 8.72. The van der Waals surface area contributed by atoms with Crippen molar-refractivity contribution in [2.45, 2.75) is 54.7 Å². The summed E-state index contributed by atoms with van der Waals surface area (Å²) in [6.45, 7) is 1.27. The number of aromatic nitrogens is 4. The van der Waals surface area contributed by atoms with Crippen LogP contribution in [-0.4, -0.2) is 66.3 Å². The number of fused-ring (bicyclic) bond motifs is 1. The number of hydrogen-bond donors (Lipinski definition) is 0. The van der Waals surface area contributed by atoms with Crippen LogP contribution in [0.25, 0.3) is 10.9 Å². The molecule has 0 spiro atoms. The van der Waals surface area contributed by atoms with Crippen LogP contribution in [0.3, 0.4) is 0 Å². The predicted molar refractivity (Wildman–Crippen MR) is 128 cm³/mol. The molecule has 2 fully saturated rings. The van der Waals surface area contributed by atoms with Crippen LogP contribution in [0.5, 0.6) is 0 Å². The smallest absolute Gasteiger partial charge is 0.250 e. The molecule has 2 aliphatic rings. The minimum Gasteiger partial charge on any atom is -0.381 e. The summed E-state index contributed by atoms with van der Waals surface area (Å²) >= 11 is 0. The molecular weight excluding hydrogens is 492 g/mol. The van der Waals surface area contributed by atoms with Gasteiger partial charge in [-0.1, -0.05) is 6.07 Å². The average molecular weight is 521 g/mol. The van der Waals surface area contributed by atoms with E-state index in [1.807, 2.05) is 0 Å². The fraction of sp³-hybridized carbons (Fsp3) is 0.522. The summed E-state index contributed by atoms with van der Waals surface area (Å²) in [5.74, 6) is 0.0969. The largest absolute Gasteiger partial charge is 0.381 e. The summed E-state index contributed by atoms with van der Waals surface area (Å²) in [5.41, 5.74) is 0.949. The molecular formula is C23H28N4O6S2. The van der Waals surface area contributed by atoms with E-state index in [0.29, 0.717) is 49.1 Å². The molecule has 1 saturated heterocycles. The van der Waals surface area contributed by atoms with Gasteiger partial charge in [-0.15, -0.1) is 0 Å². The van der Waals surface area contributed by atoms with Crippen molar-refractivity contribution in [3.8, 4) is 0 Å². The van der Waals surface area contributed by atoms with Crippen LogP contribution >= 0.6 is 0 Å². The van der Waals surface area contributed by atoms with Crippen molar-refractivity contribution >= 4 is 36.5 Å². The fourth-order valence-corrected chi connectivity index (χ4v) is 7.07. The highest BCUT2D eigenvalue weighted by Crippen LogP contribution is 2.37. The van der Waals surface area contributed by atoms with Gasteiger partial charge >= 0.3 is 0 Å². The Bertz CT molecular complexity index is 1460. The van der Waals surface area contributed by atoms with E-state index in [2.05, 4.69) is 10.2 Å². The first-order valence-electron chi connectivity index (χ1n) is 11.7. The summed E-state index contributed by atoms with van der Waals surface area (Å²) in [4.78, 5) is 13.8. The van der Waals surface area contributed by atoms with Crippen molar-refractivity contribution in [1.82, 2.24) is 19.0 Å². The van der Waals surface area contributed by atoms with Crippen molar-refractivity contribution in [3.63, 3.8) is 0 Å². The van der Waals surface area contributed by atoms with Gasteiger partial charge in [0.25, 0.3) is 10.0 Å². The van der Waals surface area contributed by atoms with Crippen LogP contribution in [0, 0.1) is 5.92 Å². The van der Waals surface area contributed by atoms with Gasteiger partial charge in [-0.05, 0) is 56.2 Å². The first kappa shape index (κ1) is 24.1. The Kier molecular flexibility index (Phi) is 6.30. The number of nitrogens with zero attached hydrogens (tertiary/aromatic N) is 4. The highest BCUT2D eigenvalue weighted by atomic mass is 32.2. The van der Waals surface area contributed by atoms with Crippen molar-refractivity contribution in [2.75, 3.05) is 19.5 Å². The van der Waals surface area contributed by atoms with Gasteiger partial charge in [0.15, 0.2) is 15.6 Å². The highest BCUT2D eigenvalue weighted by Gasteiger charge is 2.38. The molecule has 0 bridgehead atoms. The monoisotopic (exact) mass is 520 g/mol. The number of hydrogen-bond acceptors (Lipinski definition) is 8. The third kappa shape index (κ3) is 4.91. The Morgan fingerprint density at radius 1 is 1.11 bits per heavy atom. The van der Waals surface area contributed by atoms with Crippen molar-refractivity contribution < 1.29 is 26.4 Å². The maximum atomic E-state index is 13.6. The maximum absolute atomic E-state index is 13.6. The lowest BCUT2D eigenvalue weighted by atomic mass is 9.90. The number of rotatable bonds is 9. The first-order valence-corrected chi connectivity index (χ1v) is 15.1. The second-order valence-corrected chi connectivity index (χ2v) is 13.5. The summed E-state index contributed by atoms with van der Waals surface area (Å²) in [7, 11) is -6.98. The summed E-state index contributed by atoms with van der Waals surface area (Å²) in [6.07, 6.45) is 7.36. The number of carbonyl (C=O) groups excluding carboxylic acids is 1. The minimum absolute atomic E-state index is 0.0577. The summed E-state index contributed by atoms with van der Waals surface area (Å²) < 4.78 is 57.5. The number of benzene rings is 1. The number of carbonyl (C=O) groups is 1. The van der Waals surface area contributed by atoms with E-state index in [1.54, 1.807) is 22.9 Å². The van der Waals surface area contributed by atoms with E-state index in [1.165, 1.54) is 18.5 Å². The fourth-order valence-electron chi connectivity index (χ4n) is 4.68. The zero-order chi connectivity index (χ0) is 24.8. The zero-order valence-corrected chi connectivity index (χ0v) is 21.0. The van der Waals surface area contributed by atoms with Crippen molar-refractivity contribution in [1.29, 1.82) is 0 Å².